The Morgan fingerprint density at radius 2 is 1.04 bits per heavy atom. The molecule has 2 aliphatic carbocycles. The molecule has 0 saturated heterocycles. The van der Waals surface area contributed by atoms with Gasteiger partial charge >= 0.3 is 0 Å². The van der Waals surface area contributed by atoms with Crippen LogP contribution >= 0.6 is 60.3 Å². The predicted molar refractivity (Wildman–Crippen MR) is 134 cm³/mol. The molecule has 0 nitrogen and oxygen atoms in total. The molecular weight excluding hydrogens is 457 g/mol. The molecule has 0 bridgehead atoms. The van der Waals surface area contributed by atoms with E-state index in [4.69, 9.17) is 0 Å². The number of fused-ring (bicyclic) bond motifs is 4. The van der Waals surface area contributed by atoms with Crippen molar-refractivity contribution in [2.45, 2.75) is 9.79 Å². The molecule has 3 aromatic rings. The summed E-state index contributed by atoms with van der Waals surface area (Å²) in [7, 11) is 9.23. The van der Waals surface area contributed by atoms with E-state index in [1.165, 1.54) is 21.2 Å². The highest BCUT2D eigenvalue weighted by atomic mass is 33.5. The number of hydrogen-bond acceptors (Lipinski definition) is 4. The first-order valence-electron chi connectivity index (χ1n) is 9.28. The quantitative estimate of drug-likeness (QED) is 0.296. The third-order valence-electron chi connectivity index (χ3n) is 6.54. The Kier molecular flexibility index (Phi) is 2.66. The van der Waals surface area contributed by atoms with Gasteiger partial charge in [-0.05, 0) is 21.2 Å². The minimum atomic E-state index is 0.252. The molecule has 28 heavy (non-hydrogen) atoms. The Morgan fingerprint density at radius 3 is 1.54 bits per heavy atom. The molecule has 0 aromatic heterocycles. The van der Waals surface area contributed by atoms with Crippen molar-refractivity contribution >= 4 is 90.6 Å². The summed E-state index contributed by atoms with van der Waals surface area (Å²) in [5.41, 5.74) is 3.34. The van der Waals surface area contributed by atoms with Gasteiger partial charge in [0.2, 0.25) is 0 Å². The summed E-state index contributed by atoms with van der Waals surface area (Å²) in [5, 5.41) is 6.07. The minimum Gasteiger partial charge on any atom is -0.0616 e. The van der Waals surface area contributed by atoms with Gasteiger partial charge in [0.25, 0.3) is 0 Å². The highest BCUT2D eigenvalue weighted by molar-refractivity contribution is 9.18. The second-order valence-corrected chi connectivity index (χ2v) is 19.2. The Balaban J connectivity index is 1.54. The van der Waals surface area contributed by atoms with E-state index in [2.05, 4.69) is 91.7 Å². The Labute approximate surface area is 181 Å². The van der Waals surface area contributed by atoms with Crippen molar-refractivity contribution in [1.29, 1.82) is 0 Å². The SMILES string of the molecule is c1ccc2c(c1)=C1SS3=C4c5c6c(c7ccccc7c5S3)SS3=C6C(C=2S3)C14. The van der Waals surface area contributed by atoms with E-state index in [1.807, 2.05) is 0 Å². The lowest BCUT2D eigenvalue weighted by atomic mass is 9.72. The van der Waals surface area contributed by atoms with Crippen molar-refractivity contribution in [2.75, 3.05) is 0 Å². The molecule has 4 atom stereocenters. The topological polar surface area (TPSA) is 0 Å². The second-order valence-electron chi connectivity index (χ2n) is 7.71. The minimum absolute atomic E-state index is 0.252. The summed E-state index contributed by atoms with van der Waals surface area (Å²) < 4.78 is 0. The summed E-state index contributed by atoms with van der Waals surface area (Å²) in [6.45, 7) is 0. The maximum Gasteiger partial charge on any atom is 0.0360 e. The third-order valence-corrected chi connectivity index (χ3v) is 19.8. The van der Waals surface area contributed by atoms with Crippen molar-refractivity contribution in [3.63, 3.8) is 0 Å². The standard InChI is InChI=1S/C22H10S6/c1-2-6-10-9(5-1)17-13-14-18(10)24-28-22(14)16-15-19(25-27(23-17)21(13)15)11-7-3-4-8-12(11)20(16)26-28/h1-8,13-14H. The lowest BCUT2D eigenvalue weighted by molar-refractivity contribution is 0.805. The van der Waals surface area contributed by atoms with E-state index >= 15 is 0 Å². The van der Waals surface area contributed by atoms with Crippen LogP contribution in [0.1, 0.15) is 11.1 Å². The fraction of sp³-hybridized carbons (Fsp3) is 0.0909. The molecule has 6 aliphatic rings. The van der Waals surface area contributed by atoms with Crippen LogP contribution in [0.5, 0.6) is 0 Å². The monoisotopic (exact) mass is 466 g/mol. The average molecular weight is 467 g/mol. The Hall–Kier alpha value is -0.500. The molecule has 4 unspecified atom stereocenters. The van der Waals surface area contributed by atoms with Crippen molar-refractivity contribution in [3.05, 3.63) is 70.1 Å². The van der Waals surface area contributed by atoms with Crippen molar-refractivity contribution in [1.82, 2.24) is 0 Å². The van der Waals surface area contributed by atoms with Gasteiger partial charge in [0, 0.05) is 52.3 Å². The van der Waals surface area contributed by atoms with E-state index in [1.54, 1.807) is 40.5 Å². The molecule has 4 heterocycles. The highest BCUT2D eigenvalue weighted by Crippen LogP contribution is 2.78. The molecule has 6 heteroatoms. The zero-order chi connectivity index (χ0) is 17.7. The zero-order valence-corrected chi connectivity index (χ0v) is 19.1. The van der Waals surface area contributed by atoms with Gasteiger partial charge in [-0.3, -0.25) is 0 Å². The number of benzene rings is 3. The zero-order valence-electron chi connectivity index (χ0n) is 14.2. The summed E-state index contributed by atoms with van der Waals surface area (Å²) in [6, 6.07) is 18.4. The normalized spacial score (nSPS) is 31.4. The largest absolute Gasteiger partial charge is 0.0616 e. The van der Waals surface area contributed by atoms with Crippen LogP contribution in [0.2, 0.25) is 0 Å². The van der Waals surface area contributed by atoms with Crippen LogP contribution in [0.25, 0.3) is 20.6 Å². The van der Waals surface area contributed by atoms with Gasteiger partial charge in [0.15, 0.2) is 0 Å². The Morgan fingerprint density at radius 1 is 0.571 bits per heavy atom. The summed E-state index contributed by atoms with van der Waals surface area (Å²) in [4.78, 5) is 10.1. The van der Waals surface area contributed by atoms with Gasteiger partial charge < -0.3 is 0 Å². The average Bonchev–Trinajstić information content (AvgIpc) is 3.46. The summed E-state index contributed by atoms with van der Waals surface area (Å²) >= 11 is 0. The molecule has 0 spiro atoms. The van der Waals surface area contributed by atoms with Gasteiger partial charge in [0.1, 0.15) is 0 Å². The number of rotatable bonds is 0. The first kappa shape index (κ1) is 15.3. The predicted octanol–water partition coefficient (Wildman–Crippen LogP) is 5.96. The smallest absolute Gasteiger partial charge is 0.0360 e. The molecule has 0 fully saturated rings. The molecule has 9 rings (SSSR count). The lowest BCUT2D eigenvalue weighted by Gasteiger charge is -2.34. The maximum absolute atomic E-state index is 2.38. The molecule has 0 radical (unpaired) electrons. The highest BCUT2D eigenvalue weighted by Gasteiger charge is 2.56. The summed E-state index contributed by atoms with van der Waals surface area (Å²) in [6.07, 6.45) is 0. The molecule has 0 saturated carbocycles. The van der Waals surface area contributed by atoms with Crippen molar-refractivity contribution in [3.8, 4) is 0 Å². The lowest BCUT2D eigenvalue weighted by Crippen LogP contribution is -2.43. The molecule has 4 aliphatic heterocycles. The van der Waals surface area contributed by atoms with E-state index in [0.717, 1.165) is 0 Å². The second kappa shape index (κ2) is 4.87. The van der Waals surface area contributed by atoms with Crippen LogP contribution in [-0.2, 0) is 0 Å². The van der Waals surface area contributed by atoms with Crippen LogP contribution in [0, 0.1) is 11.8 Å². The Bertz CT molecular complexity index is 1460. The van der Waals surface area contributed by atoms with E-state index in [9.17, 15) is 0 Å². The van der Waals surface area contributed by atoms with E-state index < -0.39 is 0 Å². The van der Waals surface area contributed by atoms with Crippen molar-refractivity contribution in [2.24, 2.45) is 11.8 Å². The van der Waals surface area contributed by atoms with Gasteiger partial charge in [-0.15, -0.1) is 0 Å². The van der Waals surface area contributed by atoms with Crippen LogP contribution in [0.15, 0.2) is 58.3 Å². The summed E-state index contributed by atoms with van der Waals surface area (Å²) in [5.74, 6) is 1.26. The fourth-order valence-corrected chi connectivity index (χ4v) is 21.7. The first-order chi connectivity index (χ1) is 13.9. The van der Waals surface area contributed by atoms with E-state index in [0.29, 0.717) is 11.8 Å². The molecular formula is C22H10S6. The van der Waals surface area contributed by atoms with Gasteiger partial charge in [-0.2, -0.15) is 0 Å². The van der Waals surface area contributed by atoms with Gasteiger partial charge in [-0.25, -0.2) is 0 Å². The van der Waals surface area contributed by atoms with Crippen LogP contribution in [-0.4, -0.2) is 9.73 Å². The fourth-order valence-electron chi connectivity index (χ4n) is 5.52. The van der Waals surface area contributed by atoms with E-state index in [-0.39, 0.29) is 17.1 Å². The molecule has 134 valence electrons. The van der Waals surface area contributed by atoms with Gasteiger partial charge in [-0.1, -0.05) is 109 Å². The number of hydrogen-bond donors (Lipinski definition) is 0. The third kappa shape index (κ3) is 1.49. The van der Waals surface area contributed by atoms with Crippen LogP contribution in [0.3, 0.4) is 0 Å². The van der Waals surface area contributed by atoms with Crippen molar-refractivity contribution < 1.29 is 0 Å². The van der Waals surface area contributed by atoms with Crippen LogP contribution < -0.4 is 10.4 Å². The first-order valence-corrected chi connectivity index (χ1v) is 17.1. The molecule has 0 amide bonds. The van der Waals surface area contributed by atoms with Gasteiger partial charge in [0.05, 0.1) is 0 Å². The maximum atomic E-state index is 2.38. The van der Waals surface area contributed by atoms with Crippen LogP contribution in [0.4, 0.5) is 0 Å². The molecule has 0 N–H and O–H groups in total. The molecule has 3 aromatic carbocycles.